The lowest BCUT2D eigenvalue weighted by molar-refractivity contribution is 0.0192. The van der Waals surface area contributed by atoms with Crippen molar-refractivity contribution in [2.45, 2.75) is 38.1 Å². The van der Waals surface area contributed by atoms with Gasteiger partial charge in [0.05, 0.1) is 6.61 Å². The van der Waals surface area contributed by atoms with Gasteiger partial charge < -0.3 is 4.74 Å². The predicted molar refractivity (Wildman–Crippen MR) is 103 cm³/mol. The number of hydrogen-bond donors (Lipinski definition) is 0. The Kier molecular flexibility index (Phi) is 5.19. The Morgan fingerprint density at radius 2 is 1.84 bits per heavy atom. The summed E-state index contributed by atoms with van der Waals surface area (Å²) < 4.78 is 5.84. The van der Waals surface area contributed by atoms with E-state index in [0.29, 0.717) is 17.9 Å². The Balaban J connectivity index is 1.40. The van der Waals surface area contributed by atoms with Gasteiger partial charge in [0.2, 0.25) is 0 Å². The van der Waals surface area contributed by atoms with Crippen LogP contribution in [0.5, 0.6) is 0 Å². The van der Waals surface area contributed by atoms with Gasteiger partial charge in [-0.15, -0.1) is 0 Å². The molecule has 2 aliphatic heterocycles. The van der Waals surface area contributed by atoms with Gasteiger partial charge in [-0.2, -0.15) is 0 Å². The van der Waals surface area contributed by atoms with Gasteiger partial charge in [-0.25, -0.2) is 0 Å². The van der Waals surface area contributed by atoms with Crippen LogP contribution in [0.3, 0.4) is 0 Å². The predicted octanol–water partition coefficient (Wildman–Crippen LogP) is 4.43. The van der Waals surface area contributed by atoms with Crippen molar-refractivity contribution in [3.05, 3.63) is 71.3 Å². The summed E-state index contributed by atoms with van der Waals surface area (Å²) in [5.41, 5.74) is 4.30. The van der Waals surface area contributed by atoms with E-state index in [1.807, 2.05) is 0 Å². The summed E-state index contributed by atoms with van der Waals surface area (Å²) in [6.07, 6.45) is 3.62. The second-order valence-electron chi connectivity index (χ2n) is 7.70. The van der Waals surface area contributed by atoms with Crippen LogP contribution in [0.25, 0.3) is 0 Å². The molecule has 0 aliphatic carbocycles. The highest BCUT2D eigenvalue weighted by Gasteiger charge is 2.43. The number of hydrogen-bond acceptors (Lipinski definition) is 2. The Labute approximate surface area is 151 Å². The summed E-state index contributed by atoms with van der Waals surface area (Å²) in [5.74, 6) is 1.29. The van der Waals surface area contributed by atoms with Gasteiger partial charge in [0.1, 0.15) is 0 Å². The molecule has 3 atom stereocenters. The van der Waals surface area contributed by atoms with E-state index in [9.17, 15) is 0 Å². The number of nitrogens with zero attached hydrogens (tertiary/aromatic N) is 1. The molecular weight excluding hydrogens is 306 g/mol. The molecule has 0 N–H and O–H groups in total. The third-order valence-corrected chi connectivity index (χ3v) is 6.04. The number of benzene rings is 2. The summed E-state index contributed by atoms with van der Waals surface area (Å²) in [4.78, 5) is 2.75. The smallest absolute Gasteiger partial charge is 0.0515 e. The molecule has 2 aromatic rings. The summed E-state index contributed by atoms with van der Waals surface area (Å²) >= 11 is 0. The number of ether oxygens (including phenoxy) is 1. The maximum atomic E-state index is 5.84. The molecule has 0 radical (unpaired) electrons. The van der Waals surface area contributed by atoms with Crippen LogP contribution in [0.2, 0.25) is 0 Å². The molecule has 2 aliphatic rings. The third-order valence-electron chi connectivity index (χ3n) is 6.04. The van der Waals surface area contributed by atoms with Gasteiger partial charge >= 0.3 is 0 Å². The molecule has 2 heterocycles. The Morgan fingerprint density at radius 1 is 1.04 bits per heavy atom. The summed E-state index contributed by atoms with van der Waals surface area (Å²) in [6.45, 7) is 6.41. The van der Waals surface area contributed by atoms with Crippen molar-refractivity contribution in [3.8, 4) is 0 Å². The van der Waals surface area contributed by atoms with Crippen LogP contribution in [0.4, 0.5) is 0 Å². The van der Waals surface area contributed by atoms with Crippen molar-refractivity contribution in [1.82, 2.24) is 4.90 Å². The van der Waals surface area contributed by atoms with Crippen LogP contribution in [0.15, 0.2) is 54.6 Å². The van der Waals surface area contributed by atoms with E-state index < -0.39 is 0 Å². The molecule has 4 rings (SSSR count). The minimum absolute atomic E-state index is 0.630. The Bertz CT molecular complexity index is 666. The van der Waals surface area contributed by atoms with E-state index in [-0.39, 0.29) is 0 Å². The molecular formula is C23H29NO. The highest BCUT2D eigenvalue weighted by molar-refractivity contribution is 5.24. The standard InChI is InChI=1S/C23H29NO/c1-18-9-11-19(12-10-18)6-5-14-24-16-21(20-7-3-2-4-8-20)22-17-25-15-13-23(22)24/h2-4,7-12,21-23H,5-6,13-17H2,1H3. The summed E-state index contributed by atoms with van der Waals surface area (Å²) in [7, 11) is 0. The number of aryl methyl sites for hydroxylation is 2. The first-order valence-electron chi connectivity index (χ1n) is 9.73. The monoisotopic (exact) mass is 335 g/mol. The molecule has 2 heteroatoms. The largest absolute Gasteiger partial charge is 0.381 e. The molecule has 0 spiro atoms. The molecule has 0 bridgehead atoms. The first kappa shape index (κ1) is 16.8. The molecule has 2 fully saturated rings. The normalized spacial score (nSPS) is 26.5. The van der Waals surface area contributed by atoms with Crippen molar-refractivity contribution in [2.75, 3.05) is 26.3 Å². The quantitative estimate of drug-likeness (QED) is 0.801. The SMILES string of the molecule is Cc1ccc(CCCN2CC(c3ccccc3)C3COCCC32)cc1. The van der Waals surface area contributed by atoms with E-state index in [2.05, 4.69) is 66.4 Å². The molecule has 0 amide bonds. The maximum absolute atomic E-state index is 5.84. The maximum Gasteiger partial charge on any atom is 0.0515 e. The fourth-order valence-electron chi connectivity index (χ4n) is 4.66. The lowest BCUT2D eigenvalue weighted by atomic mass is 9.84. The summed E-state index contributed by atoms with van der Waals surface area (Å²) in [5, 5.41) is 0. The molecule has 2 aromatic carbocycles. The molecule has 0 aromatic heterocycles. The van der Waals surface area contributed by atoms with Crippen molar-refractivity contribution in [1.29, 1.82) is 0 Å². The van der Waals surface area contributed by atoms with Crippen LogP contribution in [-0.4, -0.2) is 37.2 Å². The molecule has 0 saturated carbocycles. The molecule has 2 saturated heterocycles. The fraction of sp³-hybridized carbons (Fsp3) is 0.478. The van der Waals surface area contributed by atoms with E-state index in [0.717, 1.165) is 13.2 Å². The first-order chi connectivity index (χ1) is 12.3. The van der Waals surface area contributed by atoms with E-state index in [1.165, 1.54) is 49.0 Å². The average molecular weight is 335 g/mol. The number of rotatable bonds is 5. The first-order valence-corrected chi connectivity index (χ1v) is 9.73. The van der Waals surface area contributed by atoms with Crippen LogP contribution >= 0.6 is 0 Å². The van der Waals surface area contributed by atoms with Crippen LogP contribution < -0.4 is 0 Å². The van der Waals surface area contributed by atoms with Gasteiger partial charge in [0.15, 0.2) is 0 Å². The number of fused-ring (bicyclic) bond motifs is 1. The fourth-order valence-corrected chi connectivity index (χ4v) is 4.66. The van der Waals surface area contributed by atoms with Gasteiger partial charge in [-0.3, -0.25) is 4.90 Å². The van der Waals surface area contributed by atoms with Crippen molar-refractivity contribution in [3.63, 3.8) is 0 Å². The zero-order chi connectivity index (χ0) is 17.1. The lowest BCUT2D eigenvalue weighted by Gasteiger charge is -2.32. The molecule has 25 heavy (non-hydrogen) atoms. The third kappa shape index (κ3) is 3.80. The minimum Gasteiger partial charge on any atom is -0.381 e. The number of likely N-dealkylation sites (tertiary alicyclic amines) is 1. The van der Waals surface area contributed by atoms with Gasteiger partial charge in [0, 0.05) is 31.0 Å². The molecule has 2 nitrogen and oxygen atoms in total. The zero-order valence-corrected chi connectivity index (χ0v) is 15.2. The average Bonchev–Trinajstić information content (AvgIpc) is 3.03. The van der Waals surface area contributed by atoms with Gasteiger partial charge in [0.25, 0.3) is 0 Å². The summed E-state index contributed by atoms with van der Waals surface area (Å²) in [6, 6.07) is 20.8. The lowest BCUT2D eigenvalue weighted by Crippen LogP contribution is -2.39. The van der Waals surface area contributed by atoms with Crippen molar-refractivity contribution < 1.29 is 4.74 Å². The van der Waals surface area contributed by atoms with Crippen LogP contribution in [0.1, 0.15) is 35.4 Å². The van der Waals surface area contributed by atoms with Crippen LogP contribution in [0, 0.1) is 12.8 Å². The highest BCUT2D eigenvalue weighted by Crippen LogP contribution is 2.40. The van der Waals surface area contributed by atoms with Gasteiger partial charge in [-0.05, 0) is 43.9 Å². The second kappa shape index (κ2) is 7.72. The van der Waals surface area contributed by atoms with Crippen molar-refractivity contribution in [2.24, 2.45) is 5.92 Å². The van der Waals surface area contributed by atoms with Crippen molar-refractivity contribution >= 4 is 0 Å². The van der Waals surface area contributed by atoms with E-state index in [1.54, 1.807) is 0 Å². The van der Waals surface area contributed by atoms with Crippen LogP contribution in [-0.2, 0) is 11.2 Å². The molecule has 3 unspecified atom stereocenters. The minimum atomic E-state index is 0.630. The van der Waals surface area contributed by atoms with Gasteiger partial charge in [-0.1, -0.05) is 60.2 Å². The molecule has 132 valence electrons. The van der Waals surface area contributed by atoms with E-state index >= 15 is 0 Å². The second-order valence-corrected chi connectivity index (χ2v) is 7.70. The zero-order valence-electron chi connectivity index (χ0n) is 15.2. The Hall–Kier alpha value is -1.64. The van der Waals surface area contributed by atoms with E-state index in [4.69, 9.17) is 4.74 Å². The topological polar surface area (TPSA) is 12.5 Å². The Morgan fingerprint density at radius 3 is 2.64 bits per heavy atom. The highest BCUT2D eigenvalue weighted by atomic mass is 16.5.